The monoisotopic (exact) mass is 637 g/mol. The highest BCUT2D eigenvalue weighted by atomic mass is 127. The quantitative estimate of drug-likeness (QED) is 0.142. The van der Waals surface area contributed by atoms with Gasteiger partial charge in [0.05, 0.1) is 26.8 Å². The van der Waals surface area contributed by atoms with Gasteiger partial charge in [0.15, 0.2) is 17.2 Å². The third-order valence-corrected chi connectivity index (χ3v) is 6.39. The number of rotatable bonds is 5. The van der Waals surface area contributed by atoms with Crippen molar-refractivity contribution in [2.45, 2.75) is 0 Å². The fraction of sp³-hybridized carbons (Fsp3) is 0.0417. The lowest BCUT2D eigenvalue weighted by Crippen LogP contribution is -2.11. The number of esters is 2. The van der Waals surface area contributed by atoms with Crippen LogP contribution in [0.25, 0.3) is 6.08 Å². The molecule has 0 saturated heterocycles. The van der Waals surface area contributed by atoms with E-state index in [0.29, 0.717) is 20.4 Å². The maximum absolute atomic E-state index is 12.6. The Hall–Kier alpha value is -2.69. The van der Waals surface area contributed by atoms with Crippen LogP contribution in [0.5, 0.6) is 11.5 Å². The summed E-state index contributed by atoms with van der Waals surface area (Å²) in [7, 11) is 1.46. The summed E-state index contributed by atoms with van der Waals surface area (Å²) in [6.07, 6.45) is 1.58. The molecule has 0 unspecified atom stereocenters. The van der Waals surface area contributed by atoms with Gasteiger partial charge in [-0.3, -0.25) is 0 Å². The highest BCUT2D eigenvalue weighted by Gasteiger charge is 2.26. The van der Waals surface area contributed by atoms with Crippen LogP contribution >= 0.6 is 50.1 Å². The first kappa shape index (κ1) is 23.5. The zero-order valence-corrected chi connectivity index (χ0v) is 21.5. The topological polar surface area (TPSA) is 74.2 Å². The average Bonchev–Trinajstić information content (AvgIpc) is 3.15. The zero-order chi connectivity index (χ0) is 23.5. The van der Waals surface area contributed by atoms with Crippen LogP contribution in [-0.2, 0) is 9.53 Å². The molecule has 166 valence electrons. The highest BCUT2D eigenvalue weighted by molar-refractivity contribution is 14.1. The van der Waals surface area contributed by atoms with E-state index in [0.717, 1.165) is 4.47 Å². The van der Waals surface area contributed by atoms with Gasteiger partial charge in [-0.1, -0.05) is 35.9 Å². The van der Waals surface area contributed by atoms with Gasteiger partial charge < -0.3 is 14.2 Å². The van der Waals surface area contributed by atoms with Gasteiger partial charge in [-0.05, 0) is 86.6 Å². The molecule has 1 heterocycles. The fourth-order valence-electron chi connectivity index (χ4n) is 3.01. The SMILES string of the molecule is COc1cc(/C=C2\N=C(c3ccccc3Br)OC2=O)cc(I)c1OC(=O)c1ccccc1Cl. The minimum atomic E-state index is -0.607. The van der Waals surface area contributed by atoms with E-state index < -0.39 is 11.9 Å². The summed E-state index contributed by atoms with van der Waals surface area (Å²) in [5.74, 6) is -0.397. The number of aliphatic imine (C=N–C) groups is 1. The van der Waals surface area contributed by atoms with Crippen molar-refractivity contribution in [3.05, 3.63) is 96.1 Å². The Morgan fingerprint density at radius 1 is 1.15 bits per heavy atom. The van der Waals surface area contributed by atoms with Crippen LogP contribution < -0.4 is 9.47 Å². The predicted octanol–water partition coefficient (Wildman–Crippen LogP) is 6.28. The van der Waals surface area contributed by atoms with Gasteiger partial charge in [0.2, 0.25) is 5.90 Å². The van der Waals surface area contributed by atoms with E-state index in [4.69, 9.17) is 25.8 Å². The molecule has 3 aromatic rings. The van der Waals surface area contributed by atoms with Gasteiger partial charge in [-0.15, -0.1) is 0 Å². The minimum absolute atomic E-state index is 0.138. The van der Waals surface area contributed by atoms with Crippen molar-refractivity contribution in [2.75, 3.05) is 7.11 Å². The van der Waals surface area contributed by atoms with E-state index in [1.807, 2.05) is 40.8 Å². The molecule has 3 aromatic carbocycles. The molecule has 6 nitrogen and oxygen atoms in total. The maximum atomic E-state index is 12.6. The summed E-state index contributed by atoms with van der Waals surface area (Å²) < 4.78 is 17.7. The molecule has 0 atom stereocenters. The lowest BCUT2D eigenvalue weighted by Gasteiger charge is -2.13. The standard InChI is InChI=1S/C24H14BrClINO5/c1-31-20-12-13(10-18(27)21(20)32-23(29)15-7-3-5-9-17(15)26)11-19-24(30)33-22(28-19)14-6-2-4-8-16(14)25/h2-12H,1H3/b19-11-. The Balaban J connectivity index is 1.65. The number of carbonyl (C=O) groups is 2. The Kier molecular flexibility index (Phi) is 7.16. The number of halogens is 3. The van der Waals surface area contributed by atoms with Crippen LogP contribution in [-0.4, -0.2) is 24.9 Å². The fourth-order valence-corrected chi connectivity index (χ4v) is 4.42. The van der Waals surface area contributed by atoms with Crippen LogP contribution in [0.3, 0.4) is 0 Å². The van der Waals surface area contributed by atoms with E-state index in [2.05, 4.69) is 20.9 Å². The number of ether oxygens (including phenoxy) is 3. The molecule has 0 N–H and O–H groups in total. The first-order chi connectivity index (χ1) is 15.9. The van der Waals surface area contributed by atoms with E-state index in [1.54, 1.807) is 48.5 Å². The second-order valence-corrected chi connectivity index (χ2v) is 9.14. The Morgan fingerprint density at radius 2 is 1.88 bits per heavy atom. The smallest absolute Gasteiger partial charge is 0.363 e. The van der Waals surface area contributed by atoms with Gasteiger partial charge in [0, 0.05) is 4.47 Å². The Labute approximate surface area is 216 Å². The molecule has 0 spiro atoms. The van der Waals surface area contributed by atoms with Crippen molar-refractivity contribution in [2.24, 2.45) is 4.99 Å². The number of carbonyl (C=O) groups excluding carboxylic acids is 2. The van der Waals surface area contributed by atoms with E-state index in [9.17, 15) is 9.59 Å². The van der Waals surface area contributed by atoms with Crippen LogP contribution in [0.2, 0.25) is 5.02 Å². The number of hydrogen-bond acceptors (Lipinski definition) is 6. The van der Waals surface area contributed by atoms with Crippen LogP contribution in [0, 0.1) is 3.57 Å². The molecule has 0 bridgehead atoms. The van der Waals surface area contributed by atoms with Crippen molar-refractivity contribution < 1.29 is 23.8 Å². The molecule has 0 fully saturated rings. The Bertz CT molecular complexity index is 1340. The van der Waals surface area contributed by atoms with Gasteiger partial charge in [0.1, 0.15) is 0 Å². The van der Waals surface area contributed by atoms with Gasteiger partial charge in [-0.25, -0.2) is 14.6 Å². The molecule has 4 rings (SSSR count). The lowest BCUT2D eigenvalue weighted by molar-refractivity contribution is -0.129. The third kappa shape index (κ3) is 5.13. The third-order valence-electron chi connectivity index (χ3n) is 4.57. The molecule has 9 heteroatoms. The number of methoxy groups -OCH3 is 1. The number of hydrogen-bond donors (Lipinski definition) is 0. The normalized spacial score (nSPS) is 14.1. The minimum Gasteiger partial charge on any atom is -0.493 e. The molecular weight excluding hydrogens is 625 g/mol. The molecule has 1 aliphatic rings. The Morgan fingerprint density at radius 3 is 2.61 bits per heavy atom. The lowest BCUT2D eigenvalue weighted by atomic mass is 10.1. The first-order valence-electron chi connectivity index (χ1n) is 9.49. The van der Waals surface area contributed by atoms with E-state index in [1.165, 1.54) is 7.11 Å². The molecule has 33 heavy (non-hydrogen) atoms. The van der Waals surface area contributed by atoms with Gasteiger partial charge in [-0.2, -0.15) is 0 Å². The summed E-state index contributed by atoms with van der Waals surface area (Å²) in [4.78, 5) is 29.3. The molecule has 0 amide bonds. The van der Waals surface area contributed by atoms with E-state index >= 15 is 0 Å². The average molecular weight is 639 g/mol. The summed E-state index contributed by atoms with van der Waals surface area (Å²) in [5.41, 5.74) is 1.67. The molecule has 0 aromatic heterocycles. The second kappa shape index (κ2) is 10.1. The molecule has 1 aliphatic heterocycles. The second-order valence-electron chi connectivity index (χ2n) is 6.72. The van der Waals surface area contributed by atoms with E-state index in [-0.39, 0.29) is 27.9 Å². The first-order valence-corrected chi connectivity index (χ1v) is 11.7. The molecule has 0 saturated carbocycles. The van der Waals surface area contributed by atoms with Crippen molar-refractivity contribution in [3.63, 3.8) is 0 Å². The van der Waals surface area contributed by atoms with Crippen LogP contribution in [0.15, 0.2) is 75.8 Å². The maximum Gasteiger partial charge on any atom is 0.363 e. The summed E-state index contributed by atoms with van der Waals surface area (Å²) in [6.45, 7) is 0. The summed E-state index contributed by atoms with van der Waals surface area (Å²) >= 11 is 11.6. The highest BCUT2D eigenvalue weighted by Crippen LogP contribution is 2.36. The van der Waals surface area contributed by atoms with Crippen molar-refractivity contribution in [3.8, 4) is 11.5 Å². The number of nitrogens with zero attached hydrogens (tertiary/aromatic N) is 1. The van der Waals surface area contributed by atoms with Crippen molar-refractivity contribution in [1.82, 2.24) is 0 Å². The predicted molar refractivity (Wildman–Crippen MR) is 137 cm³/mol. The van der Waals surface area contributed by atoms with Gasteiger partial charge in [0.25, 0.3) is 0 Å². The molecule has 0 aliphatic carbocycles. The molecular formula is C24H14BrClINO5. The number of cyclic esters (lactones) is 1. The van der Waals surface area contributed by atoms with Crippen LogP contribution in [0.4, 0.5) is 0 Å². The zero-order valence-electron chi connectivity index (χ0n) is 17.0. The largest absolute Gasteiger partial charge is 0.493 e. The van der Waals surface area contributed by atoms with Crippen molar-refractivity contribution >= 4 is 74.0 Å². The summed E-state index contributed by atoms with van der Waals surface area (Å²) in [5, 5.41) is 0.288. The van der Waals surface area contributed by atoms with Crippen molar-refractivity contribution in [1.29, 1.82) is 0 Å². The summed E-state index contributed by atoms with van der Waals surface area (Å²) in [6, 6.07) is 17.3. The molecule has 0 radical (unpaired) electrons. The van der Waals surface area contributed by atoms with Gasteiger partial charge >= 0.3 is 11.9 Å². The number of benzene rings is 3. The van der Waals surface area contributed by atoms with Crippen LogP contribution in [0.1, 0.15) is 21.5 Å².